The van der Waals surface area contributed by atoms with Crippen LogP contribution in [0.2, 0.25) is 0 Å². The van der Waals surface area contributed by atoms with Crippen molar-refractivity contribution >= 4 is 18.1 Å². The van der Waals surface area contributed by atoms with Gasteiger partial charge in [-0.1, -0.05) is 22.7 Å². The smallest absolute Gasteiger partial charge is 0.318 e. The first-order valence-corrected chi connectivity index (χ1v) is 4.94. The van der Waals surface area contributed by atoms with Gasteiger partial charge in [0.15, 0.2) is 0 Å². The Morgan fingerprint density at radius 2 is 1.85 bits per heavy atom. The van der Waals surface area contributed by atoms with Gasteiger partial charge in [0.1, 0.15) is 0 Å². The van der Waals surface area contributed by atoms with E-state index in [2.05, 4.69) is 4.76 Å². The van der Waals surface area contributed by atoms with Crippen LogP contribution in [0, 0.1) is 0 Å². The third-order valence-electron chi connectivity index (χ3n) is 1.53. The van der Waals surface area contributed by atoms with Gasteiger partial charge in [0.05, 0.1) is 4.90 Å². The molecule has 0 unspecified atom stereocenters. The fourth-order valence-electron chi connectivity index (χ4n) is 0.798. The molecule has 0 bridgehead atoms. The van der Waals surface area contributed by atoms with Gasteiger partial charge in [0.25, 0.3) is 10.0 Å². The summed E-state index contributed by atoms with van der Waals surface area (Å²) in [4.78, 5) is 0.142. The van der Waals surface area contributed by atoms with Crippen LogP contribution in [0.3, 0.4) is 0 Å². The van der Waals surface area contributed by atoms with E-state index in [1.54, 1.807) is 18.2 Å². The highest BCUT2D eigenvalue weighted by Gasteiger charge is 2.18. The average molecular weight is 197 g/mol. The number of rotatable bonds is 3. The van der Waals surface area contributed by atoms with Crippen LogP contribution in [-0.2, 0) is 14.8 Å². The van der Waals surface area contributed by atoms with Gasteiger partial charge in [0.2, 0.25) is 0 Å². The van der Waals surface area contributed by atoms with Crippen molar-refractivity contribution in [2.24, 2.45) is 0 Å². The molecule has 0 saturated carbocycles. The first kappa shape index (κ1) is 10.2. The Bertz CT molecular complexity index is 365. The molecule has 0 amide bonds. The average Bonchev–Trinajstić information content (AvgIpc) is 2.18. The van der Waals surface area contributed by atoms with Gasteiger partial charge in [-0.2, -0.15) is 0 Å². The molecule has 1 aromatic carbocycles. The lowest BCUT2D eigenvalue weighted by Gasteiger charge is -2.14. The zero-order valence-corrected chi connectivity index (χ0v) is 7.86. The summed E-state index contributed by atoms with van der Waals surface area (Å²) in [6, 6.07) is 7.90. The second-order valence-electron chi connectivity index (χ2n) is 2.33. The summed E-state index contributed by atoms with van der Waals surface area (Å²) in [5.74, 6) is 0. The quantitative estimate of drug-likeness (QED) is 0.517. The molecule has 0 aromatic heterocycles. The molecule has 68 valence electrons. The molecule has 0 atom stereocenters. The maximum Gasteiger partial charge on any atom is 0.318 e. The maximum absolute atomic E-state index is 11.5. The van der Waals surface area contributed by atoms with Crippen LogP contribution in [0.5, 0.6) is 0 Å². The molecular weight excluding hydrogens is 189 g/mol. The lowest BCUT2D eigenvalue weighted by Crippen LogP contribution is -2.26. The summed E-state index contributed by atoms with van der Waals surface area (Å²) in [6.07, 6.45) is 0. The van der Waals surface area contributed by atoms with Crippen LogP contribution >= 0.6 is 0 Å². The Hall–Kier alpha value is -0.845. The predicted molar refractivity (Wildman–Crippen MR) is 48.2 cm³/mol. The molecule has 4 nitrogen and oxygen atoms in total. The summed E-state index contributed by atoms with van der Waals surface area (Å²) in [5, 5.41) is 0. The number of hydroxylamine groups is 1. The van der Waals surface area contributed by atoms with Crippen molar-refractivity contribution in [3.63, 3.8) is 0 Å². The van der Waals surface area contributed by atoms with Gasteiger partial charge in [-0.15, -0.1) is 0 Å². The van der Waals surface area contributed by atoms with Crippen molar-refractivity contribution < 1.29 is 13.2 Å². The first-order valence-electron chi connectivity index (χ1n) is 3.50. The lowest BCUT2D eigenvalue weighted by atomic mass is 10.4. The van der Waals surface area contributed by atoms with Gasteiger partial charge in [-0.05, 0) is 12.1 Å². The normalized spacial score (nSPS) is 11.8. The molecule has 6 heteroatoms. The van der Waals surface area contributed by atoms with E-state index in [0.717, 1.165) is 0 Å². The van der Waals surface area contributed by atoms with Gasteiger partial charge < -0.3 is 4.76 Å². The highest BCUT2D eigenvalue weighted by atomic mass is 32.2. The zero-order chi connectivity index (χ0) is 9.90. The summed E-state index contributed by atoms with van der Waals surface area (Å²) < 4.78 is 27.7. The molecule has 0 N–H and O–H groups in total. The van der Waals surface area contributed by atoms with E-state index in [-0.39, 0.29) is 4.90 Å². The van der Waals surface area contributed by atoms with E-state index in [4.69, 9.17) is 8.05 Å². The number of benzene rings is 1. The van der Waals surface area contributed by atoms with Crippen molar-refractivity contribution in [2.45, 2.75) is 4.90 Å². The summed E-state index contributed by atoms with van der Waals surface area (Å²) in [6.45, 7) is 0. The van der Waals surface area contributed by atoms with Gasteiger partial charge in [-0.25, -0.2) is 8.42 Å². The highest BCUT2D eigenvalue weighted by Crippen LogP contribution is 2.12. The minimum atomic E-state index is -3.60. The third-order valence-corrected chi connectivity index (χ3v) is 3.16. The molecule has 0 aliphatic carbocycles. The largest absolute Gasteiger partial charge is 0.361 e. The Kier molecular flexibility index (Phi) is 3.08. The zero-order valence-electron chi connectivity index (χ0n) is 7.04. The number of sulfonamides is 1. The van der Waals surface area contributed by atoms with Gasteiger partial charge in [0, 0.05) is 7.05 Å². The van der Waals surface area contributed by atoms with Gasteiger partial charge >= 0.3 is 8.05 Å². The number of hydrogen-bond donors (Lipinski definition) is 0. The molecule has 0 saturated heterocycles. The monoisotopic (exact) mass is 197 g/mol. The Balaban J connectivity index is 3.09. The summed E-state index contributed by atoms with van der Waals surface area (Å²) >= 11 is 0. The van der Waals surface area contributed by atoms with Crippen LogP contribution in [0.1, 0.15) is 0 Å². The van der Waals surface area contributed by atoms with Crippen LogP contribution in [0.15, 0.2) is 35.2 Å². The van der Waals surface area contributed by atoms with E-state index >= 15 is 0 Å². The molecule has 2 radical (unpaired) electrons. The second-order valence-corrected chi connectivity index (χ2v) is 4.27. The minimum absolute atomic E-state index is 0.142. The molecule has 0 aliphatic rings. The third kappa shape index (κ3) is 2.09. The highest BCUT2D eigenvalue weighted by molar-refractivity contribution is 7.89. The summed E-state index contributed by atoms with van der Waals surface area (Å²) in [7, 11) is 2.36. The first-order chi connectivity index (χ1) is 6.09. The molecular formula is C7H8BNO3S. The predicted octanol–water partition coefficient (Wildman–Crippen LogP) is 0.322. The van der Waals surface area contributed by atoms with Crippen LogP contribution in [0.4, 0.5) is 0 Å². The standard InChI is InChI=1S/C7H8BNO3S/c1-9(12-8)13(10,11)7-5-3-2-4-6-7/h2-6H,1H3. The van der Waals surface area contributed by atoms with E-state index in [1.807, 2.05) is 0 Å². The van der Waals surface area contributed by atoms with Crippen LogP contribution in [-0.4, -0.2) is 28.0 Å². The minimum Gasteiger partial charge on any atom is -0.361 e. The Labute approximate surface area is 78.6 Å². The molecule has 0 spiro atoms. The van der Waals surface area contributed by atoms with E-state index in [1.165, 1.54) is 19.2 Å². The van der Waals surface area contributed by atoms with E-state index in [0.29, 0.717) is 4.47 Å². The lowest BCUT2D eigenvalue weighted by molar-refractivity contribution is 0.0779. The van der Waals surface area contributed by atoms with Crippen molar-refractivity contribution in [3.8, 4) is 0 Å². The second kappa shape index (κ2) is 3.91. The van der Waals surface area contributed by atoms with Crippen LogP contribution in [0.25, 0.3) is 0 Å². The van der Waals surface area contributed by atoms with Crippen molar-refractivity contribution in [1.29, 1.82) is 0 Å². The molecule has 1 aromatic rings. The topological polar surface area (TPSA) is 46.6 Å². The maximum atomic E-state index is 11.5. The van der Waals surface area contributed by atoms with E-state index < -0.39 is 10.0 Å². The fraction of sp³-hybridized carbons (Fsp3) is 0.143. The van der Waals surface area contributed by atoms with Crippen LogP contribution < -0.4 is 0 Å². The SMILES string of the molecule is [B]ON(C)S(=O)(=O)c1ccccc1. The number of nitrogens with zero attached hydrogens (tertiary/aromatic N) is 1. The van der Waals surface area contributed by atoms with E-state index in [9.17, 15) is 8.42 Å². The molecule has 0 fully saturated rings. The molecule has 13 heavy (non-hydrogen) atoms. The Morgan fingerprint density at radius 3 is 2.31 bits per heavy atom. The molecule has 0 aliphatic heterocycles. The molecule has 1 rings (SSSR count). The van der Waals surface area contributed by atoms with Crippen molar-refractivity contribution in [3.05, 3.63) is 30.3 Å². The van der Waals surface area contributed by atoms with Crippen molar-refractivity contribution in [2.75, 3.05) is 7.05 Å². The fourth-order valence-corrected chi connectivity index (χ4v) is 1.71. The Morgan fingerprint density at radius 1 is 1.31 bits per heavy atom. The number of hydrogen-bond acceptors (Lipinski definition) is 3. The van der Waals surface area contributed by atoms with Crippen molar-refractivity contribution in [1.82, 2.24) is 4.47 Å². The summed E-state index contributed by atoms with van der Waals surface area (Å²) in [5.41, 5.74) is 0. The van der Waals surface area contributed by atoms with Gasteiger partial charge in [-0.3, -0.25) is 0 Å². The molecule has 0 heterocycles.